The number of rotatable bonds is 5. The zero-order valence-corrected chi connectivity index (χ0v) is 15.3. The second-order valence-corrected chi connectivity index (χ2v) is 6.93. The highest BCUT2D eigenvalue weighted by molar-refractivity contribution is 14.1. The summed E-state index contributed by atoms with van der Waals surface area (Å²) in [4.78, 5) is 13.4. The van der Waals surface area contributed by atoms with Gasteiger partial charge >= 0.3 is 6.09 Å². The van der Waals surface area contributed by atoms with Crippen LogP contribution in [0.2, 0.25) is 0 Å². The van der Waals surface area contributed by atoms with Gasteiger partial charge in [-0.2, -0.15) is 0 Å². The lowest BCUT2D eigenvalue weighted by molar-refractivity contribution is -0.0536. The molecule has 1 aromatic carbocycles. The standard InChI is InChI=1S/C17H24INO3/c1-3-16(22-2)19(17(20)21)15-11-7-5-9-13(15)12-8-4-6-10-14(12)18/h4,6,8,10,13,15-16H,3,5,7,9,11H2,1-2H3,(H,20,21)/t13-,15-,16?/m0/s1. The molecule has 4 nitrogen and oxygen atoms in total. The average molecular weight is 417 g/mol. The Kier molecular flexibility index (Phi) is 6.50. The van der Waals surface area contributed by atoms with Gasteiger partial charge in [0, 0.05) is 22.6 Å². The Morgan fingerprint density at radius 2 is 2.09 bits per heavy atom. The first-order chi connectivity index (χ1) is 10.6. The van der Waals surface area contributed by atoms with Crippen LogP contribution in [0.15, 0.2) is 24.3 Å². The first-order valence-corrected chi connectivity index (χ1v) is 8.96. The van der Waals surface area contributed by atoms with E-state index >= 15 is 0 Å². The lowest BCUT2D eigenvalue weighted by Gasteiger charge is -2.42. The van der Waals surface area contributed by atoms with E-state index in [4.69, 9.17) is 4.74 Å². The van der Waals surface area contributed by atoms with Crippen LogP contribution >= 0.6 is 22.6 Å². The zero-order chi connectivity index (χ0) is 16.1. The van der Waals surface area contributed by atoms with Gasteiger partial charge in [0.1, 0.15) is 6.23 Å². The first-order valence-electron chi connectivity index (χ1n) is 7.88. The molecule has 3 atom stereocenters. The van der Waals surface area contributed by atoms with Crippen LogP contribution in [-0.2, 0) is 4.74 Å². The third kappa shape index (κ3) is 3.74. The van der Waals surface area contributed by atoms with Gasteiger partial charge in [0.25, 0.3) is 0 Å². The van der Waals surface area contributed by atoms with E-state index < -0.39 is 6.09 Å². The van der Waals surface area contributed by atoms with E-state index in [2.05, 4.69) is 34.7 Å². The molecule has 1 amide bonds. The van der Waals surface area contributed by atoms with Gasteiger partial charge in [-0.15, -0.1) is 0 Å². The van der Waals surface area contributed by atoms with Crippen molar-refractivity contribution in [3.05, 3.63) is 33.4 Å². The number of nitrogens with zero attached hydrogens (tertiary/aromatic N) is 1. The number of ether oxygens (including phenoxy) is 1. The molecule has 1 N–H and O–H groups in total. The van der Waals surface area contributed by atoms with Crippen LogP contribution in [0.3, 0.4) is 0 Å². The molecule has 0 aromatic heterocycles. The third-order valence-electron chi connectivity index (χ3n) is 4.54. The first kappa shape index (κ1) is 17.5. The SMILES string of the molecule is CCC(OC)N(C(=O)O)[C@H]1CCCC[C@H]1c1ccccc1I. The van der Waals surface area contributed by atoms with Gasteiger partial charge < -0.3 is 9.84 Å². The predicted molar refractivity (Wildman–Crippen MR) is 95.1 cm³/mol. The fourth-order valence-corrected chi connectivity index (χ4v) is 4.33. The molecule has 22 heavy (non-hydrogen) atoms. The summed E-state index contributed by atoms with van der Waals surface area (Å²) in [6, 6.07) is 8.30. The molecule has 0 radical (unpaired) electrons. The minimum absolute atomic E-state index is 0.00735. The quantitative estimate of drug-likeness (QED) is 0.559. The maximum atomic E-state index is 11.9. The van der Waals surface area contributed by atoms with Crippen molar-refractivity contribution in [2.24, 2.45) is 0 Å². The zero-order valence-electron chi connectivity index (χ0n) is 13.2. The van der Waals surface area contributed by atoms with Gasteiger partial charge in [0.2, 0.25) is 0 Å². The maximum absolute atomic E-state index is 11.9. The Balaban J connectivity index is 2.35. The molecule has 1 aliphatic rings. The molecule has 1 fully saturated rings. The number of benzene rings is 1. The van der Waals surface area contributed by atoms with Gasteiger partial charge in [-0.3, -0.25) is 4.90 Å². The van der Waals surface area contributed by atoms with Crippen LogP contribution in [0.4, 0.5) is 4.79 Å². The van der Waals surface area contributed by atoms with E-state index in [0.717, 1.165) is 25.7 Å². The number of carboxylic acid groups (broad SMARTS) is 1. The molecule has 0 saturated heterocycles. The van der Waals surface area contributed by atoms with Crippen LogP contribution in [0, 0.1) is 3.57 Å². The van der Waals surface area contributed by atoms with Crippen LogP contribution < -0.4 is 0 Å². The number of amides is 1. The Hall–Kier alpha value is -0.820. The van der Waals surface area contributed by atoms with Crippen molar-refractivity contribution in [3.8, 4) is 0 Å². The summed E-state index contributed by atoms with van der Waals surface area (Å²) >= 11 is 2.35. The van der Waals surface area contributed by atoms with Crippen LogP contribution in [0.5, 0.6) is 0 Å². The average Bonchev–Trinajstić information content (AvgIpc) is 2.53. The lowest BCUT2D eigenvalue weighted by atomic mass is 9.79. The number of carbonyl (C=O) groups is 1. The minimum Gasteiger partial charge on any atom is -0.465 e. The van der Waals surface area contributed by atoms with E-state index in [1.54, 1.807) is 12.0 Å². The number of hydrogen-bond acceptors (Lipinski definition) is 2. The summed E-state index contributed by atoms with van der Waals surface area (Å²) in [6.07, 6.45) is 3.59. The van der Waals surface area contributed by atoms with Gasteiger partial charge in [0.15, 0.2) is 0 Å². The highest BCUT2D eigenvalue weighted by Crippen LogP contribution is 2.39. The summed E-state index contributed by atoms with van der Waals surface area (Å²) in [5.41, 5.74) is 1.27. The molecule has 122 valence electrons. The Labute approximate surface area is 146 Å². The normalized spacial score (nSPS) is 23.0. The van der Waals surface area contributed by atoms with Gasteiger partial charge in [0.05, 0.1) is 0 Å². The summed E-state index contributed by atoms with van der Waals surface area (Å²) in [7, 11) is 1.59. The van der Waals surface area contributed by atoms with Crippen LogP contribution in [0.1, 0.15) is 50.5 Å². The molecule has 1 aromatic rings. The van der Waals surface area contributed by atoms with Gasteiger partial charge in [-0.1, -0.05) is 38.0 Å². The van der Waals surface area contributed by atoms with Crippen molar-refractivity contribution in [1.29, 1.82) is 0 Å². The van der Waals surface area contributed by atoms with Crippen molar-refractivity contribution < 1.29 is 14.6 Å². The largest absolute Gasteiger partial charge is 0.465 e. The lowest BCUT2D eigenvalue weighted by Crippen LogP contribution is -2.50. The van der Waals surface area contributed by atoms with E-state index in [0.29, 0.717) is 6.42 Å². The fourth-order valence-electron chi connectivity index (χ4n) is 3.54. The molecular formula is C17H24INO3. The van der Waals surface area contributed by atoms with E-state index in [9.17, 15) is 9.90 Å². The smallest absolute Gasteiger partial charge is 0.409 e. The van der Waals surface area contributed by atoms with E-state index in [-0.39, 0.29) is 18.2 Å². The maximum Gasteiger partial charge on any atom is 0.409 e. The van der Waals surface area contributed by atoms with Gasteiger partial charge in [-0.25, -0.2) is 4.79 Å². The molecule has 5 heteroatoms. The number of halogens is 1. The van der Waals surface area contributed by atoms with Crippen LogP contribution in [-0.4, -0.2) is 35.5 Å². The molecule has 1 unspecified atom stereocenters. The molecule has 1 saturated carbocycles. The summed E-state index contributed by atoms with van der Waals surface area (Å²) in [6.45, 7) is 1.97. The molecule has 0 spiro atoms. The van der Waals surface area contributed by atoms with Crippen LogP contribution in [0.25, 0.3) is 0 Å². The molecule has 0 heterocycles. The Morgan fingerprint density at radius 1 is 1.41 bits per heavy atom. The van der Waals surface area contributed by atoms with Gasteiger partial charge in [-0.05, 0) is 53.5 Å². The van der Waals surface area contributed by atoms with Crippen molar-refractivity contribution in [2.45, 2.75) is 57.2 Å². The summed E-state index contributed by atoms with van der Waals surface area (Å²) in [5, 5.41) is 9.74. The second kappa shape index (κ2) is 8.15. The Morgan fingerprint density at radius 3 is 2.68 bits per heavy atom. The van der Waals surface area contributed by atoms with E-state index in [1.165, 1.54) is 9.13 Å². The summed E-state index contributed by atoms with van der Waals surface area (Å²) < 4.78 is 6.65. The highest BCUT2D eigenvalue weighted by Gasteiger charge is 2.37. The van der Waals surface area contributed by atoms with Crippen molar-refractivity contribution in [2.75, 3.05) is 7.11 Å². The highest BCUT2D eigenvalue weighted by atomic mass is 127. The van der Waals surface area contributed by atoms with Crippen molar-refractivity contribution in [3.63, 3.8) is 0 Å². The molecular weight excluding hydrogens is 393 g/mol. The molecule has 0 aliphatic heterocycles. The number of hydrogen-bond donors (Lipinski definition) is 1. The van der Waals surface area contributed by atoms with Crippen molar-refractivity contribution >= 4 is 28.7 Å². The number of methoxy groups -OCH3 is 1. The molecule has 0 bridgehead atoms. The van der Waals surface area contributed by atoms with E-state index in [1.807, 2.05) is 19.1 Å². The topological polar surface area (TPSA) is 49.8 Å². The molecule has 1 aliphatic carbocycles. The molecule has 2 rings (SSSR count). The third-order valence-corrected chi connectivity index (χ3v) is 5.53. The predicted octanol–water partition coefficient (Wildman–Crippen LogP) is 4.68. The van der Waals surface area contributed by atoms with Crippen molar-refractivity contribution in [1.82, 2.24) is 4.90 Å². The fraction of sp³-hybridized carbons (Fsp3) is 0.588. The summed E-state index contributed by atoms with van der Waals surface area (Å²) in [5.74, 6) is 0.252. The Bertz CT molecular complexity index is 504. The second-order valence-electron chi connectivity index (χ2n) is 5.77. The minimum atomic E-state index is -0.878. The monoisotopic (exact) mass is 417 g/mol.